The lowest BCUT2D eigenvalue weighted by molar-refractivity contribution is 0.101. The first-order chi connectivity index (χ1) is 5.11. The van der Waals surface area contributed by atoms with E-state index in [2.05, 4.69) is 0 Å². The van der Waals surface area contributed by atoms with E-state index in [0.717, 1.165) is 3.57 Å². The topological polar surface area (TPSA) is 37.3 Å². The summed E-state index contributed by atoms with van der Waals surface area (Å²) >= 11 is 2.00. The van der Waals surface area contributed by atoms with Gasteiger partial charge in [0.1, 0.15) is 5.75 Å². The minimum atomic E-state index is -0.0308. The Morgan fingerprint density at radius 1 is 1.55 bits per heavy atom. The van der Waals surface area contributed by atoms with Crippen molar-refractivity contribution in [2.45, 2.75) is 6.92 Å². The zero-order valence-electron chi connectivity index (χ0n) is 5.97. The van der Waals surface area contributed by atoms with E-state index in [4.69, 9.17) is 0 Å². The molecule has 3 heteroatoms. The first kappa shape index (κ1) is 8.52. The van der Waals surface area contributed by atoms with E-state index in [0.29, 0.717) is 5.56 Å². The van der Waals surface area contributed by atoms with E-state index in [-0.39, 0.29) is 11.5 Å². The number of carbonyl (C=O) groups is 1. The maximum Gasteiger partial charge on any atom is 0.159 e. The second-order valence-corrected chi connectivity index (χ2v) is 3.38. The van der Waals surface area contributed by atoms with Crippen molar-refractivity contribution in [1.29, 1.82) is 0 Å². The third-order valence-electron chi connectivity index (χ3n) is 1.35. The van der Waals surface area contributed by atoms with Crippen LogP contribution < -0.4 is 0 Å². The largest absolute Gasteiger partial charge is 0.507 e. The Morgan fingerprint density at radius 3 is 2.64 bits per heavy atom. The number of Topliss-reactive ketones (excluding diaryl/α,β-unsaturated/α-hetero) is 1. The maximum absolute atomic E-state index is 10.8. The smallest absolute Gasteiger partial charge is 0.159 e. The molecule has 0 saturated carbocycles. The molecule has 0 aliphatic carbocycles. The van der Waals surface area contributed by atoms with E-state index in [1.807, 2.05) is 22.6 Å². The molecule has 2 nitrogen and oxygen atoms in total. The molecule has 1 rings (SSSR count). The molecule has 0 atom stereocenters. The molecular formula is C8H7IO2. The fourth-order valence-electron chi connectivity index (χ4n) is 0.732. The number of carbonyl (C=O) groups excluding carboxylic acids is 1. The Morgan fingerprint density at radius 2 is 2.18 bits per heavy atom. The van der Waals surface area contributed by atoms with Crippen molar-refractivity contribution < 1.29 is 9.90 Å². The number of aromatic hydroxyl groups is 1. The average molecular weight is 262 g/mol. The number of phenols is 1. The quantitative estimate of drug-likeness (QED) is 0.622. The van der Waals surface area contributed by atoms with Crippen LogP contribution in [0.2, 0.25) is 0 Å². The summed E-state index contributed by atoms with van der Waals surface area (Å²) in [6, 6.07) is 4.89. The van der Waals surface area contributed by atoms with Crippen LogP contribution in [-0.2, 0) is 0 Å². The molecule has 0 aliphatic heterocycles. The Hall–Kier alpha value is -0.580. The van der Waals surface area contributed by atoms with E-state index in [9.17, 15) is 9.90 Å². The van der Waals surface area contributed by atoms with Crippen LogP contribution in [0, 0.1) is 3.57 Å². The Bertz CT molecular complexity index is 294. The van der Waals surface area contributed by atoms with Crippen molar-refractivity contribution >= 4 is 28.4 Å². The van der Waals surface area contributed by atoms with Gasteiger partial charge < -0.3 is 5.11 Å². The molecule has 0 saturated heterocycles. The summed E-state index contributed by atoms with van der Waals surface area (Å²) in [5.74, 6) is 0.134. The van der Waals surface area contributed by atoms with Crippen molar-refractivity contribution in [3.8, 4) is 5.75 Å². The highest BCUT2D eigenvalue weighted by Crippen LogP contribution is 2.20. The Balaban J connectivity index is 3.15. The zero-order chi connectivity index (χ0) is 8.43. The van der Waals surface area contributed by atoms with Gasteiger partial charge in [-0.25, -0.2) is 0 Å². The highest BCUT2D eigenvalue weighted by atomic mass is 127. The van der Waals surface area contributed by atoms with Gasteiger partial charge in [-0.05, 0) is 41.6 Å². The van der Waals surface area contributed by atoms with Gasteiger partial charge in [-0.2, -0.15) is 0 Å². The second-order valence-electron chi connectivity index (χ2n) is 2.22. The fraction of sp³-hybridized carbons (Fsp3) is 0.125. The van der Waals surface area contributed by atoms with E-state index >= 15 is 0 Å². The van der Waals surface area contributed by atoms with Gasteiger partial charge >= 0.3 is 0 Å². The molecule has 0 bridgehead atoms. The molecule has 0 spiro atoms. The molecule has 0 heterocycles. The number of ketones is 1. The zero-order valence-corrected chi connectivity index (χ0v) is 8.12. The lowest BCUT2D eigenvalue weighted by Gasteiger charge is -1.98. The molecule has 0 amide bonds. The predicted octanol–water partition coefficient (Wildman–Crippen LogP) is 2.20. The first-order valence-electron chi connectivity index (χ1n) is 3.10. The van der Waals surface area contributed by atoms with Crippen molar-refractivity contribution in [3.63, 3.8) is 0 Å². The molecule has 0 fully saturated rings. The summed E-state index contributed by atoms with van der Waals surface area (Å²) in [5, 5.41) is 9.19. The minimum absolute atomic E-state index is 0.0308. The van der Waals surface area contributed by atoms with Gasteiger partial charge in [-0.3, -0.25) is 4.79 Å². The second kappa shape index (κ2) is 3.21. The van der Waals surface area contributed by atoms with E-state index in [1.54, 1.807) is 12.1 Å². The molecule has 1 N–H and O–H groups in total. The summed E-state index contributed by atoms with van der Waals surface area (Å²) in [7, 11) is 0. The van der Waals surface area contributed by atoms with Gasteiger partial charge in [-0.1, -0.05) is 6.07 Å². The molecule has 58 valence electrons. The fourth-order valence-corrected chi connectivity index (χ4v) is 1.07. The van der Waals surface area contributed by atoms with Crippen molar-refractivity contribution in [3.05, 3.63) is 27.3 Å². The lowest BCUT2D eigenvalue weighted by atomic mass is 10.1. The summed E-state index contributed by atoms with van der Waals surface area (Å²) in [4.78, 5) is 10.8. The van der Waals surface area contributed by atoms with Gasteiger partial charge in [0, 0.05) is 5.56 Å². The van der Waals surface area contributed by atoms with Crippen LogP contribution in [0.5, 0.6) is 5.75 Å². The molecule has 0 radical (unpaired) electrons. The Labute approximate surface area is 78.4 Å². The van der Waals surface area contributed by atoms with Gasteiger partial charge in [-0.15, -0.1) is 0 Å². The van der Waals surface area contributed by atoms with Crippen LogP contribution in [0.3, 0.4) is 0 Å². The van der Waals surface area contributed by atoms with E-state index < -0.39 is 0 Å². The Kier molecular flexibility index (Phi) is 2.49. The normalized spacial score (nSPS) is 9.64. The van der Waals surface area contributed by atoms with Crippen molar-refractivity contribution in [1.82, 2.24) is 0 Å². The van der Waals surface area contributed by atoms with Gasteiger partial charge in [0.15, 0.2) is 5.78 Å². The maximum atomic E-state index is 10.8. The van der Waals surface area contributed by atoms with Crippen molar-refractivity contribution in [2.24, 2.45) is 0 Å². The number of benzene rings is 1. The molecule has 0 unspecified atom stereocenters. The third-order valence-corrected chi connectivity index (χ3v) is 2.26. The first-order valence-corrected chi connectivity index (χ1v) is 4.18. The van der Waals surface area contributed by atoms with Crippen LogP contribution >= 0.6 is 22.6 Å². The number of hydrogen-bond acceptors (Lipinski definition) is 2. The van der Waals surface area contributed by atoms with Gasteiger partial charge in [0.2, 0.25) is 0 Å². The molecule has 1 aromatic rings. The lowest BCUT2D eigenvalue weighted by Crippen LogP contribution is -1.91. The monoisotopic (exact) mass is 262 g/mol. The summed E-state index contributed by atoms with van der Waals surface area (Å²) in [6.45, 7) is 1.47. The standard InChI is InChI=1S/C8H7IO2/c1-5(10)6-2-3-7(9)8(11)4-6/h2-4,11H,1H3. The number of halogens is 1. The van der Waals surface area contributed by atoms with Crippen LogP contribution in [0.15, 0.2) is 18.2 Å². The molecule has 11 heavy (non-hydrogen) atoms. The highest BCUT2D eigenvalue weighted by molar-refractivity contribution is 14.1. The summed E-state index contributed by atoms with van der Waals surface area (Å²) in [6.07, 6.45) is 0. The highest BCUT2D eigenvalue weighted by Gasteiger charge is 2.02. The van der Waals surface area contributed by atoms with Crippen LogP contribution in [0.25, 0.3) is 0 Å². The summed E-state index contributed by atoms with van der Waals surface area (Å²) in [5.41, 5.74) is 0.544. The SMILES string of the molecule is CC(=O)c1ccc(I)c(O)c1. The van der Waals surface area contributed by atoms with Crippen LogP contribution in [-0.4, -0.2) is 10.9 Å². The average Bonchev–Trinajstić information content (AvgIpc) is 1.94. The van der Waals surface area contributed by atoms with E-state index in [1.165, 1.54) is 13.0 Å². The van der Waals surface area contributed by atoms with Gasteiger partial charge in [0.25, 0.3) is 0 Å². The van der Waals surface area contributed by atoms with Crippen LogP contribution in [0.4, 0.5) is 0 Å². The molecule has 0 aliphatic rings. The third kappa shape index (κ3) is 1.92. The van der Waals surface area contributed by atoms with Crippen LogP contribution in [0.1, 0.15) is 17.3 Å². The van der Waals surface area contributed by atoms with Crippen molar-refractivity contribution in [2.75, 3.05) is 0 Å². The number of rotatable bonds is 1. The summed E-state index contributed by atoms with van der Waals surface area (Å²) < 4.78 is 0.757. The molecule has 0 aromatic heterocycles. The molecular weight excluding hydrogens is 255 g/mol. The molecule has 1 aromatic carbocycles. The number of phenolic OH excluding ortho intramolecular Hbond substituents is 1. The van der Waals surface area contributed by atoms with Gasteiger partial charge in [0.05, 0.1) is 3.57 Å². The predicted molar refractivity (Wildman–Crippen MR) is 50.8 cm³/mol. The number of hydrogen-bond donors (Lipinski definition) is 1. The minimum Gasteiger partial charge on any atom is -0.507 e.